The van der Waals surface area contributed by atoms with Gasteiger partial charge in [-0.15, -0.1) is 11.8 Å². The normalized spacial score (nSPS) is 10.1. The van der Waals surface area contributed by atoms with Gasteiger partial charge in [-0.3, -0.25) is 15.2 Å². The highest BCUT2D eigenvalue weighted by Crippen LogP contribution is 2.15. The van der Waals surface area contributed by atoms with Crippen molar-refractivity contribution in [2.75, 3.05) is 5.75 Å². The summed E-state index contributed by atoms with van der Waals surface area (Å²) in [6.07, 6.45) is 8.59. The third-order valence-electron chi connectivity index (χ3n) is 2.00. The number of nitrogens with two attached hydrogens (primary N) is 1. The fourth-order valence-corrected chi connectivity index (χ4v) is 2.00. The van der Waals surface area contributed by atoms with Crippen LogP contribution in [0.3, 0.4) is 0 Å². The highest BCUT2D eigenvalue weighted by atomic mass is 32.2. The van der Waals surface area contributed by atoms with Gasteiger partial charge in [0.05, 0.1) is 6.20 Å². The van der Waals surface area contributed by atoms with Crippen molar-refractivity contribution in [2.45, 2.75) is 30.7 Å². The van der Waals surface area contributed by atoms with E-state index in [4.69, 9.17) is 5.84 Å². The number of unbranched alkanes of at least 4 members (excludes halogenated alkanes) is 2. The molecule has 0 fully saturated rings. The van der Waals surface area contributed by atoms with Crippen LogP contribution in [0.1, 0.15) is 25.7 Å². The number of hydrogen-bond acceptors (Lipinski definition) is 5. The summed E-state index contributed by atoms with van der Waals surface area (Å²) in [6.45, 7) is 0. The van der Waals surface area contributed by atoms with Crippen LogP contribution < -0.4 is 11.3 Å². The Kier molecular flexibility index (Phi) is 6.52. The van der Waals surface area contributed by atoms with Crippen LogP contribution >= 0.6 is 11.8 Å². The van der Waals surface area contributed by atoms with Crippen LogP contribution in [-0.2, 0) is 4.79 Å². The molecule has 88 valence electrons. The third kappa shape index (κ3) is 5.67. The first-order chi connectivity index (χ1) is 7.83. The number of nitrogens with zero attached hydrogens (tertiary/aromatic N) is 2. The molecule has 0 saturated carbocycles. The van der Waals surface area contributed by atoms with E-state index in [0.717, 1.165) is 30.0 Å². The number of rotatable bonds is 7. The lowest BCUT2D eigenvalue weighted by atomic mass is 10.2. The second-order valence-corrected chi connectivity index (χ2v) is 4.39. The minimum Gasteiger partial charge on any atom is -0.294 e. The highest BCUT2D eigenvalue weighted by molar-refractivity contribution is 7.99. The van der Waals surface area contributed by atoms with Crippen LogP contribution in [0, 0.1) is 0 Å². The minimum absolute atomic E-state index is 0.0958. The first-order valence-corrected chi connectivity index (χ1v) is 6.19. The lowest BCUT2D eigenvalue weighted by molar-refractivity contribution is -0.121. The fraction of sp³-hybridized carbons (Fsp3) is 0.500. The van der Waals surface area contributed by atoms with Gasteiger partial charge in [0.25, 0.3) is 0 Å². The summed E-state index contributed by atoms with van der Waals surface area (Å²) in [4.78, 5) is 18.9. The average Bonchev–Trinajstić information content (AvgIpc) is 2.34. The van der Waals surface area contributed by atoms with Crippen LogP contribution in [0.2, 0.25) is 0 Å². The summed E-state index contributed by atoms with van der Waals surface area (Å²) in [7, 11) is 0. The molecule has 0 aromatic carbocycles. The van der Waals surface area contributed by atoms with Crippen molar-refractivity contribution in [3.63, 3.8) is 0 Å². The molecule has 5 nitrogen and oxygen atoms in total. The molecule has 16 heavy (non-hydrogen) atoms. The molecule has 0 aliphatic rings. The highest BCUT2D eigenvalue weighted by Gasteiger charge is 1.98. The SMILES string of the molecule is NNC(=O)CCCCCSc1cnccn1. The second kappa shape index (κ2) is 8.06. The van der Waals surface area contributed by atoms with Gasteiger partial charge in [-0.1, -0.05) is 6.42 Å². The molecule has 0 spiro atoms. The molecule has 0 saturated heterocycles. The van der Waals surface area contributed by atoms with E-state index in [9.17, 15) is 4.79 Å². The maximum absolute atomic E-state index is 10.8. The number of nitrogens with one attached hydrogen (secondary N) is 1. The van der Waals surface area contributed by atoms with Crippen LogP contribution in [0.4, 0.5) is 0 Å². The summed E-state index contributed by atoms with van der Waals surface area (Å²) in [5, 5.41) is 0.946. The van der Waals surface area contributed by atoms with Gasteiger partial charge in [-0.25, -0.2) is 10.8 Å². The van der Waals surface area contributed by atoms with E-state index in [2.05, 4.69) is 15.4 Å². The first-order valence-electron chi connectivity index (χ1n) is 5.21. The molecule has 0 radical (unpaired) electrons. The molecule has 3 N–H and O–H groups in total. The number of carbonyl (C=O) groups excluding carboxylic acids is 1. The number of hydrogen-bond donors (Lipinski definition) is 2. The summed E-state index contributed by atoms with van der Waals surface area (Å²) in [6, 6.07) is 0. The third-order valence-corrected chi connectivity index (χ3v) is 3.00. The lowest BCUT2D eigenvalue weighted by Gasteiger charge is -2.00. The quantitative estimate of drug-likeness (QED) is 0.245. The van der Waals surface area contributed by atoms with E-state index in [-0.39, 0.29) is 5.91 Å². The average molecular weight is 240 g/mol. The zero-order valence-electron chi connectivity index (χ0n) is 9.06. The van der Waals surface area contributed by atoms with Crippen LogP contribution in [0.15, 0.2) is 23.6 Å². The largest absolute Gasteiger partial charge is 0.294 e. The van der Waals surface area contributed by atoms with Crippen molar-refractivity contribution in [1.82, 2.24) is 15.4 Å². The van der Waals surface area contributed by atoms with E-state index in [1.807, 2.05) is 0 Å². The van der Waals surface area contributed by atoms with E-state index < -0.39 is 0 Å². The summed E-state index contributed by atoms with van der Waals surface area (Å²) >= 11 is 1.69. The van der Waals surface area contributed by atoms with Crippen molar-refractivity contribution < 1.29 is 4.79 Å². The monoisotopic (exact) mass is 240 g/mol. The van der Waals surface area contributed by atoms with E-state index >= 15 is 0 Å². The van der Waals surface area contributed by atoms with Gasteiger partial charge >= 0.3 is 0 Å². The van der Waals surface area contributed by atoms with Gasteiger partial charge in [-0.2, -0.15) is 0 Å². The number of hydrazine groups is 1. The van der Waals surface area contributed by atoms with Gasteiger partial charge < -0.3 is 0 Å². The zero-order chi connectivity index (χ0) is 11.6. The predicted molar refractivity (Wildman–Crippen MR) is 63.6 cm³/mol. The Balaban J connectivity index is 1.98. The van der Waals surface area contributed by atoms with Gasteiger partial charge in [-0.05, 0) is 18.6 Å². The molecule has 0 aliphatic carbocycles. The molecule has 0 atom stereocenters. The van der Waals surface area contributed by atoms with Crippen LogP contribution in [0.25, 0.3) is 0 Å². The lowest BCUT2D eigenvalue weighted by Crippen LogP contribution is -2.29. The predicted octanol–water partition coefficient (Wildman–Crippen LogP) is 1.12. The molecule has 1 aromatic heterocycles. The second-order valence-electron chi connectivity index (χ2n) is 3.27. The summed E-state index contributed by atoms with van der Waals surface area (Å²) < 4.78 is 0. The minimum atomic E-state index is -0.0958. The van der Waals surface area contributed by atoms with E-state index in [1.165, 1.54) is 0 Å². The fourth-order valence-electron chi connectivity index (χ4n) is 1.17. The molecule has 0 aliphatic heterocycles. The number of thioether (sulfide) groups is 1. The van der Waals surface area contributed by atoms with Crippen molar-refractivity contribution in [1.29, 1.82) is 0 Å². The number of amides is 1. The Morgan fingerprint density at radius 2 is 2.25 bits per heavy atom. The molecular weight excluding hydrogens is 224 g/mol. The van der Waals surface area contributed by atoms with Gasteiger partial charge in [0.2, 0.25) is 5.91 Å². The summed E-state index contributed by atoms with van der Waals surface area (Å²) in [5.41, 5.74) is 2.12. The molecule has 6 heteroatoms. The van der Waals surface area contributed by atoms with Crippen molar-refractivity contribution >= 4 is 17.7 Å². The Labute approximate surface area is 99.2 Å². The Morgan fingerprint density at radius 1 is 1.38 bits per heavy atom. The summed E-state index contributed by atoms with van der Waals surface area (Å²) in [5.74, 6) is 5.88. The molecular formula is C10H16N4OS. The Hall–Kier alpha value is -1.14. The van der Waals surface area contributed by atoms with Gasteiger partial charge in [0.1, 0.15) is 5.03 Å². The van der Waals surface area contributed by atoms with E-state index in [1.54, 1.807) is 30.4 Å². The topological polar surface area (TPSA) is 80.9 Å². The molecule has 1 amide bonds. The van der Waals surface area contributed by atoms with Crippen molar-refractivity contribution in [3.05, 3.63) is 18.6 Å². The smallest absolute Gasteiger partial charge is 0.233 e. The maximum atomic E-state index is 10.8. The molecule has 1 heterocycles. The standard InChI is InChI=1S/C10H16N4OS/c11-14-9(15)4-2-1-3-7-16-10-8-12-5-6-13-10/h5-6,8H,1-4,7,11H2,(H,14,15). The van der Waals surface area contributed by atoms with Crippen LogP contribution in [-0.4, -0.2) is 21.6 Å². The maximum Gasteiger partial charge on any atom is 0.233 e. The molecule has 0 bridgehead atoms. The van der Waals surface area contributed by atoms with Gasteiger partial charge in [0.15, 0.2) is 0 Å². The van der Waals surface area contributed by atoms with Crippen molar-refractivity contribution in [2.24, 2.45) is 5.84 Å². The number of carbonyl (C=O) groups is 1. The first kappa shape index (κ1) is 12.9. The Bertz CT molecular complexity index is 307. The zero-order valence-corrected chi connectivity index (χ0v) is 9.87. The van der Waals surface area contributed by atoms with Gasteiger partial charge in [0, 0.05) is 18.8 Å². The molecule has 1 rings (SSSR count). The van der Waals surface area contributed by atoms with Crippen LogP contribution in [0.5, 0.6) is 0 Å². The molecule has 1 aromatic rings. The van der Waals surface area contributed by atoms with E-state index in [0.29, 0.717) is 6.42 Å². The van der Waals surface area contributed by atoms with Crippen molar-refractivity contribution in [3.8, 4) is 0 Å². The molecule has 0 unspecified atom stereocenters. The Morgan fingerprint density at radius 3 is 2.94 bits per heavy atom. The number of aromatic nitrogens is 2.